The molecule has 2 heterocycles. The molecule has 1 amide bonds. The van der Waals surface area contributed by atoms with Crippen LogP contribution in [0.25, 0.3) is 0 Å². The molecule has 2 atom stereocenters. The highest BCUT2D eigenvalue weighted by atomic mass is 16.6. The summed E-state index contributed by atoms with van der Waals surface area (Å²) in [6.45, 7) is 2.92. The molecule has 32 heavy (non-hydrogen) atoms. The summed E-state index contributed by atoms with van der Waals surface area (Å²) < 4.78 is 11.0. The number of cyclic esters (lactones) is 1. The van der Waals surface area contributed by atoms with Crippen LogP contribution in [-0.4, -0.2) is 61.1 Å². The number of esters is 2. The minimum atomic E-state index is -1.23. The molecule has 2 fully saturated rings. The van der Waals surface area contributed by atoms with Gasteiger partial charge in [0.05, 0.1) is 13.0 Å². The Morgan fingerprint density at radius 2 is 1.72 bits per heavy atom. The fraction of sp³-hybridized carbons (Fsp3) is 0.375. The first-order valence-electron chi connectivity index (χ1n) is 10.8. The van der Waals surface area contributed by atoms with E-state index < -0.39 is 17.8 Å². The fourth-order valence-corrected chi connectivity index (χ4v) is 4.44. The van der Waals surface area contributed by atoms with Gasteiger partial charge in [-0.3, -0.25) is 14.4 Å². The third-order valence-corrected chi connectivity index (χ3v) is 5.80. The molecular weight excluding hydrogens is 410 g/mol. The van der Waals surface area contributed by atoms with Crippen LogP contribution in [-0.2, 0) is 29.6 Å². The van der Waals surface area contributed by atoms with Gasteiger partial charge in [-0.2, -0.15) is 0 Å². The molecule has 2 aliphatic rings. The van der Waals surface area contributed by atoms with Crippen molar-refractivity contribution in [3.63, 3.8) is 0 Å². The average molecular weight is 437 g/mol. The topological polar surface area (TPSA) is 97.0 Å². The minimum absolute atomic E-state index is 0.0844. The predicted octanol–water partition coefficient (Wildman–Crippen LogP) is 1.16. The maximum absolute atomic E-state index is 13.2. The van der Waals surface area contributed by atoms with Gasteiger partial charge in [-0.1, -0.05) is 60.7 Å². The normalized spacial score (nSPS) is 22.0. The summed E-state index contributed by atoms with van der Waals surface area (Å²) in [6, 6.07) is 17.7. The Hall–Kier alpha value is -3.23. The van der Waals surface area contributed by atoms with Crippen molar-refractivity contribution in [2.24, 2.45) is 0 Å². The maximum Gasteiger partial charge on any atom is 0.327 e. The SMILES string of the molecule is CCOC(=O)CCNC(=O)C1CNCC2C(=O)OC(c3ccccc3)(c3ccccc3)N12. The van der Waals surface area contributed by atoms with Crippen molar-refractivity contribution in [1.82, 2.24) is 15.5 Å². The molecule has 0 aromatic heterocycles. The van der Waals surface area contributed by atoms with E-state index in [2.05, 4.69) is 10.6 Å². The van der Waals surface area contributed by atoms with E-state index in [0.717, 1.165) is 11.1 Å². The number of hydrogen-bond donors (Lipinski definition) is 2. The molecule has 0 radical (unpaired) electrons. The van der Waals surface area contributed by atoms with Gasteiger partial charge in [0, 0.05) is 30.8 Å². The average Bonchev–Trinajstić information content (AvgIpc) is 3.14. The molecule has 0 aliphatic carbocycles. The Morgan fingerprint density at radius 1 is 1.09 bits per heavy atom. The van der Waals surface area contributed by atoms with Crippen LogP contribution in [0.3, 0.4) is 0 Å². The zero-order valence-electron chi connectivity index (χ0n) is 18.0. The number of rotatable bonds is 7. The number of amides is 1. The van der Waals surface area contributed by atoms with Gasteiger partial charge < -0.3 is 20.1 Å². The monoisotopic (exact) mass is 437 g/mol. The van der Waals surface area contributed by atoms with E-state index in [1.54, 1.807) is 6.92 Å². The lowest BCUT2D eigenvalue weighted by molar-refractivity contribution is -0.153. The molecule has 2 aromatic rings. The molecule has 2 aromatic carbocycles. The lowest BCUT2D eigenvalue weighted by Crippen LogP contribution is -2.65. The number of carbonyl (C=O) groups excluding carboxylic acids is 3. The second-order valence-electron chi connectivity index (χ2n) is 7.74. The second kappa shape index (κ2) is 9.50. The molecule has 168 valence electrons. The van der Waals surface area contributed by atoms with Crippen molar-refractivity contribution in [2.75, 3.05) is 26.2 Å². The minimum Gasteiger partial charge on any atom is -0.466 e. The summed E-state index contributed by atoms with van der Waals surface area (Å²) in [5.74, 6) is -1.02. The van der Waals surface area contributed by atoms with Crippen LogP contribution >= 0.6 is 0 Å². The lowest BCUT2D eigenvalue weighted by Gasteiger charge is -2.44. The van der Waals surface area contributed by atoms with E-state index in [9.17, 15) is 14.4 Å². The maximum atomic E-state index is 13.2. The molecular formula is C24H27N3O5. The number of benzene rings is 2. The van der Waals surface area contributed by atoms with Crippen LogP contribution in [0.5, 0.6) is 0 Å². The number of hydrogen-bond acceptors (Lipinski definition) is 7. The molecule has 4 rings (SSSR count). The van der Waals surface area contributed by atoms with Crippen LogP contribution < -0.4 is 10.6 Å². The zero-order chi connectivity index (χ0) is 22.6. The van der Waals surface area contributed by atoms with Crippen molar-refractivity contribution >= 4 is 17.8 Å². The van der Waals surface area contributed by atoms with Gasteiger partial charge in [-0.25, -0.2) is 4.90 Å². The third kappa shape index (κ3) is 3.99. The number of nitrogens with one attached hydrogen (secondary N) is 2. The van der Waals surface area contributed by atoms with Gasteiger partial charge in [-0.15, -0.1) is 0 Å². The summed E-state index contributed by atoms with van der Waals surface area (Å²) in [7, 11) is 0. The van der Waals surface area contributed by atoms with Crippen molar-refractivity contribution in [2.45, 2.75) is 31.2 Å². The standard InChI is InChI=1S/C24H27N3O5/c1-2-31-21(28)13-14-26-22(29)19-15-25-16-20-23(30)32-24(27(19)20,17-9-5-3-6-10-17)18-11-7-4-8-12-18/h3-12,19-20,25H,2,13-16H2,1H3,(H,26,29). The molecule has 0 bridgehead atoms. The van der Waals surface area contributed by atoms with Gasteiger partial charge in [0.25, 0.3) is 0 Å². The Morgan fingerprint density at radius 3 is 2.31 bits per heavy atom. The molecule has 2 unspecified atom stereocenters. The first kappa shape index (κ1) is 22.0. The Bertz CT molecular complexity index is 927. The molecule has 8 heteroatoms. The highest BCUT2D eigenvalue weighted by molar-refractivity contribution is 5.87. The van der Waals surface area contributed by atoms with Gasteiger partial charge in [0.1, 0.15) is 12.1 Å². The smallest absolute Gasteiger partial charge is 0.327 e. The van der Waals surface area contributed by atoms with Gasteiger partial charge in [0.15, 0.2) is 0 Å². The molecule has 0 spiro atoms. The molecule has 2 N–H and O–H groups in total. The van der Waals surface area contributed by atoms with E-state index >= 15 is 0 Å². The lowest BCUT2D eigenvalue weighted by atomic mass is 9.90. The van der Waals surface area contributed by atoms with Gasteiger partial charge in [-0.05, 0) is 6.92 Å². The van der Waals surface area contributed by atoms with Gasteiger partial charge in [0.2, 0.25) is 11.6 Å². The Labute approximate surface area is 186 Å². The molecule has 8 nitrogen and oxygen atoms in total. The van der Waals surface area contributed by atoms with Crippen molar-refractivity contribution in [3.05, 3.63) is 71.8 Å². The summed E-state index contributed by atoms with van der Waals surface area (Å²) in [5, 5.41) is 6.00. The highest BCUT2D eigenvalue weighted by Crippen LogP contribution is 2.45. The quantitative estimate of drug-likeness (QED) is 0.628. The van der Waals surface area contributed by atoms with Crippen molar-refractivity contribution in [3.8, 4) is 0 Å². The molecule has 0 saturated carbocycles. The van der Waals surface area contributed by atoms with E-state index in [1.165, 1.54) is 0 Å². The summed E-state index contributed by atoms with van der Waals surface area (Å²) in [4.78, 5) is 39.8. The predicted molar refractivity (Wildman–Crippen MR) is 116 cm³/mol. The van der Waals surface area contributed by atoms with Crippen LogP contribution in [0.2, 0.25) is 0 Å². The summed E-state index contributed by atoms with van der Waals surface area (Å²) in [6.07, 6.45) is 0.0844. The van der Waals surface area contributed by atoms with Crippen LogP contribution in [0.1, 0.15) is 24.5 Å². The largest absolute Gasteiger partial charge is 0.466 e. The van der Waals surface area contributed by atoms with Gasteiger partial charge >= 0.3 is 11.9 Å². The number of ether oxygens (including phenoxy) is 2. The van der Waals surface area contributed by atoms with Crippen molar-refractivity contribution in [1.29, 1.82) is 0 Å². The van der Waals surface area contributed by atoms with E-state index in [1.807, 2.05) is 65.6 Å². The third-order valence-electron chi connectivity index (χ3n) is 5.80. The number of fused-ring (bicyclic) bond motifs is 1. The number of carbonyl (C=O) groups is 3. The Balaban J connectivity index is 1.69. The van der Waals surface area contributed by atoms with E-state index in [0.29, 0.717) is 19.7 Å². The Kier molecular flexibility index (Phi) is 6.53. The summed E-state index contributed by atoms with van der Waals surface area (Å²) in [5.41, 5.74) is 0.316. The van der Waals surface area contributed by atoms with E-state index in [4.69, 9.17) is 9.47 Å². The van der Waals surface area contributed by atoms with Crippen molar-refractivity contribution < 1.29 is 23.9 Å². The number of nitrogens with zero attached hydrogens (tertiary/aromatic N) is 1. The van der Waals surface area contributed by atoms with Crippen LogP contribution in [0, 0.1) is 0 Å². The zero-order valence-corrected chi connectivity index (χ0v) is 18.0. The number of piperazine rings is 1. The highest BCUT2D eigenvalue weighted by Gasteiger charge is 2.60. The first-order chi connectivity index (χ1) is 15.6. The van der Waals surface area contributed by atoms with Crippen LogP contribution in [0.15, 0.2) is 60.7 Å². The first-order valence-corrected chi connectivity index (χ1v) is 10.8. The summed E-state index contributed by atoms with van der Waals surface area (Å²) >= 11 is 0. The molecule has 2 aliphatic heterocycles. The second-order valence-corrected chi connectivity index (χ2v) is 7.74. The fourth-order valence-electron chi connectivity index (χ4n) is 4.44. The van der Waals surface area contributed by atoms with E-state index in [-0.39, 0.29) is 30.8 Å². The molecule has 2 saturated heterocycles. The van der Waals surface area contributed by atoms with Crippen LogP contribution in [0.4, 0.5) is 0 Å².